The lowest BCUT2D eigenvalue weighted by Crippen LogP contribution is -2.38. The Morgan fingerprint density at radius 2 is 1.95 bits per heavy atom. The number of aromatic nitrogens is 3. The van der Waals surface area contributed by atoms with E-state index in [1.54, 1.807) is 24.5 Å². The molecule has 6 nitrogen and oxygen atoms in total. The van der Waals surface area contributed by atoms with Crippen LogP contribution in [0.15, 0.2) is 29.0 Å². The number of pyridine rings is 1. The Morgan fingerprint density at radius 3 is 2.55 bits per heavy atom. The van der Waals surface area contributed by atoms with Crippen LogP contribution >= 0.6 is 0 Å². The van der Waals surface area contributed by atoms with Crippen LogP contribution in [0.25, 0.3) is 0 Å². The quantitative estimate of drug-likeness (QED) is 0.871. The number of carbonyl (C=O) groups is 1. The summed E-state index contributed by atoms with van der Waals surface area (Å²) < 4.78 is 5.37. The lowest BCUT2D eigenvalue weighted by Gasteiger charge is -2.30. The summed E-state index contributed by atoms with van der Waals surface area (Å²) in [7, 11) is 0. The lowest BCUT2D eigenvalue weighted by molar-refractivity contribution is 0.0704. The predicted molar refractivity (Wildman–Crippen MR) is 80.5 cm³/mol. The summed E-state index contributed by atoms with van der Waals surface area (Å²) in [6.45, 7) is 5.52. The maximum atomic E-state index is 12.4. The third kappa shape index (κ3) is 3.00. The molecule has 3 rings (SSSR count). The zero-order chi connectivity index (χ0) is 15.5. The van der Waals surface area contributed by atoms with Gasteiger partial charge in [-0.1, -0.05) is 19.0 Å². The standard InChI is InChI=1S/C16H20N4O2/c1-11(2)14-18-15(22-19-14)12-5-9-20(10-6-12)16(21)13-3-7-17-8-4-13/h3-4,7-8,11-12H,5-6,9-10H2,1-2H3. The van der Waals surface area contributed by atoms with E-state index in [1.165, 1.54) is 0 Å². The third-order valence-corrected chi connectivity index (χ3v) is 4.03. The van der Waals surface area contributed by atoms with Gasteiger partial charge < -0.3 is 9.42 Å². The molecule has 1 saturated heterocycles. The molecule has 1 aliphatic rings. The van der Waals surface area contributed by atoms with Gasteiger partial charge in [-0.2, -0.15) is 4.98 Å². The van der Waals surface area contributed by atoms with Crippen molar-refractivity contribution in [3.05, 3.63) is 41.8 Å². The van der Waals surface area contributed by atoms with Crippen LogP contribution in [0.2, 0.25) is 0 Å². The molecule has 0 unspecified atom stereocenters. The van der Waals surface area contributed by atoms with Crippen LogP contribution in [0, 0.1) is 0 Å². The molecule has 3 heterocycles. The van der Waals surface area contributed by atoms with Gasteiger partial charge in [-0.25, -0.2) is 0 Å². The van der Waals surface area contributed by atoms with Crippen LogP contribution in [-0.4, -0.2) is 39.0 Å². The number of carbonyl (C=O) groups excluding carboxylic acids is 1. The molecular weight excluding hydrogens is 280 g/mol. The van der Waals surface area contributed by atoms with Gasteiger partial charge in [0.05, 0.1) is 0 Å². The van der Waals surface area contributed by atoms with Gasteiger partial charge >= 0.3 is 0 Å². The number of hydrogen-bond acceptors (Lipinski definition) is 5. The fourth-order valence-electron chi connectivity index (χ4n) is 2.65. The van der Waals surface area contributed by atoms with Crippen molar-refractivity contribution in [3.63, 3.8) is 0 Å². The van der Waals surface area contributed by atoms with Crippen LogP contribution in [0.1, 0.15) is 60.6 Å². The fourth-order valence-corrected chi connectivity index (χ4v) is 2.65. The minimum atomic E-state index is 0.0641. The maximum Gasteiger partial charge on any atom is 0.253 e. The molecular formula is C16H20N4O2. The second-order valence-electron chi connectivity index (χ2n) is 5.95. The van der Waals surface area contributed by atoms with E-state index in [2.05, 4.69) is 15.1 Å². The average Bonchev–Trinajstić information content (AvgIpc) is 3.05. The first-order valence-corrected chi connectivity index (χ1v) is 7.68. The van der Waals surface area contributed by atoms with Crippen molar-refractivity contribution in [2.75, 3.05) is 13.1 Å². The molecule has 0 radical (unpaired) electrons. The molecule has 0 spiro atoms. The molecule has 0 saturated carbocycles. The summed E-state index contributed by atoms with van der Waals surface area (Å²) in [6.07, 6.45) is 5.00. The molecule has 0 atom stereocenters. The Balaban J connectivity index is 1.61. The van der Waals surface area contributed by atoms with Gasteiger partial charge in [-0.05, 0) is 25.0 Å². The summed E-state index contributed by atoms with van der Waals surface area (Å²) >= 11 is 0. The Kier molecular flexibility index (Phi) is 4.18. The molecule has 1 amide bonds. The van der Waals surface area contributed by atoms with E-state index in [-0.39, 0.29) is 17.7 Å². The fraction of sp³-hybridized carbons (Fsp3) is 0.500. The van der Waals surface area contributed by atoms with E-state index in [4.69, 9.17) is 4.52 Å². The van der Waals surface area contributed by atoms with Crippen molar-refractivity contribution in [1.82, 2.24) is 20.0 Å². The van der Waals surface area contributed by atoms with Gasteiger partial charge in [0.25, 0.3) is 5.91 Å². The molecule has 1 fully saturated rings. The van der Waals surface area contributed by atoms with Gasteiger partial charge in [0, 0.05) is 42.9 Å². The van der Waals surface area contributed by atoms with Gasteiger partial charge in [-0.3, -0.25) is 9.78 Å². The largest absolute Gasteiger partial charge is 0.339 e. The molecule has 0 bridgehead atoms. The van der Waals surface area contributed by atoms with Crippen LogP contribution in [0.3, 0.4) is 0 Å². The first kappa shape index (κ1) is 14.7. The molecule has 0 aliphatic carbocycles. The van der Waals surface area contributed by atoms with Crippen molar-refractivity contribution in [2.45, 2.75) is 38.5 Å². The van der Waals surface area contributed by atoms with Crippen LogP contribution in [0.4, 0.5) is 0 Å². The molecule has 2 aromatic heterocycles. The van der Waals surface area contributed by atoms with Crippen LogP contribution in [-0.2, 0) is 0 Å². The van der Waals surface area contributed by atoms with E-state index >= 15 is 0 Å². The average molecular weight is 300 g/mol. The predicted octanol–water partition coefficient (Wildman–Crippen LogP) is 2.61. The first-order chi connectivity index (χ1) is 10.6. The molecule has 0 aromatic carbocycles. The van der Waals surface area contributed by atoms with E-state index < -0.39 is 0 Å². The van der Waals surface area contributed by atoms with Crippen molar-refractivity contribution in [2.24, 2.45) is 0 Å². The lowest BCUT2D eigenvalue weighted by atomic mass is 9.96. The highest BCUT2D eigenvalue weighted by atomic mass is 16.5. The Morgan fingerprint density at radius 1 is 1.27 bits per heavy atom. The number of hydrogen-bond donors (Lipinski definition) is 0. The van der Waals surface area contributed by atoms with Crippen molar-refractivity contribution in [1.29, 1.82) is 0 Å². The van der Waals surface area contributed by atoms with E-state index in [9.17, 15) is 4.79 Å². The van der Waals surface area contributed by atoms with Crippen molar-refractivity contribution < 1.29 is 9.32 Å². The summed E-state index contributed by atoms with van der Waals surface area (Å²) in [4.78, 5) is 22.7. The molecule has 2 aromatic rings. The summed E-state index contributed by atoms with van der Waals surface area (Å²) in [6, 6.07) is 3.50. The molecule has 6 heteroatoms. The monoisotopic (exact) mass is 300 g/mol. The smallest absolute Gasteiger partial charge is 0.253 e. The van der Waals surface area contributed by atoms with Gasteiger partial charge in [0.1, 0.15) is 0 Å². The first-order valence-electron chi connectivity index (χ1n) is 7.68. The minimum absolute atomic E-state index is 0.0641. The topological polar surface area (TPSA) is 72.1 Å². The number of piperidine rings is 1. The van der Waals surface area contributed by atoms with Crippen LogP contribution < -0.4 is 0 Å². The van der Waals surface area contributed by atoms with Gasteiger partial charge in [-0.15, -0.1) is 0 Å². The molecule has 116 valence electrons. The van der Waals surface area contributed by atoms with Gasteiger partial charge in [0.15, 0.2) is 5.82 Å². The number of nitrogens with zero attached hydrogens (tertiary/aromatic N) is 4. The minimum Gasteiger partial charge on any atom is -0.339 e. The van der Waals surface area contributed by atoms with E-state index in [1.807, 2.05) is 18.7 Å². The summed E-state index contributed by atoms with van der Waals surface area (Å²) in [5.74, 6) is 2.05. The number of amides is 1. The second-order valence-corrected chi connectivity index (χ2v) is 5.95. The van der Waals surface area contributed by atoms with Crippen molar-refractivity contribution in [3.8, 4) is 0 Å². The maximum absolute atomic E-state index is 12.4. The third-order valence-electron chi connectivity index (χ3n) is 4.03. The SMILES string of the molecule is CC(C)c1noc(C2CCN(C(=O)c3ccncc3)CC2)n1. The highest BCUT2D eigenvalue weighted by Gasteiger charge is 2.28. The second kappa shape index (κ2) is 6.25. The highest BCUT2D eigenvalue weighted by Crippen LogP contribution is 2.28. The zero-order valence-electron chi connectivity index (χ0n) is 12.9. The van der Waals surface area contributed by atoms with E-state index in [0.29, 0.717) is 24.5 Å². The Hall–Kier alpha value is -2.24. The number of likely N-dealkylation sites (tertiary alicyclic amines) is 1. The molecule has 22 heavy (non-hydrogen) atoms. The van der Waals surface area contributed by atoms with Crippen LogP contribution in [0.5, 0.6) is 0 Å². The van der Waals surface area contributed by atoms with E-state index in [0.717, 1.165) is 18.7 Å². The molecule has 1 aliphatic heterocycles. The van der Waals surface area contributed by atoms with Gasteiger partial charge in [0.2, 0.25) is 5.89 Å². The number of rotatable bonds is 3. The van der Waals surface area contributed by atoms with Crippen molar-refractivity contribution >= 4 is 5.91 Å². The zero-order valence-corrected chi connectivity index (χ0v) is 12.9. The normalized spacial score (nSPS) is 16.2. The summed E-state index contributed by atoms with van der Waals surface area (Å²) in [5.41, 5.74) is 0.688. The highest BCUT2D eigenvalue weighted by molar-refractivity contribution is 5.94. The Labute approximate surface area is 129 Å². The Bertz CT molecular complexity index is 631. The summed E-state index contributed by atoms with van der Waals surface area (Å²) in [5, 5.41) is 4.02. The molecule has 0 N–H and O–H groups in total.